The van der Waals surface area contributed by atoms with Gasteiger partial charge in [0.25, 0.3) is 0 Å². The molecule has 1 N–H and O–H groups in total. The molecule has 1 aromatic carbocycles. The fourth-order valence-electron chi connectivity index (χ4n) is 3.55. The van der Waals surface area contributed by atoms with Crippen molar-refractivity contribution in [3.8, 4) is 0 Å². The number of hydrogen-bond donors (Lipinski definition) is 1. The maximum atomic E-state index is 6.14. The lowest BCUT2D eigenvalue weighted by atomic mass is 9.73. The van der Waals surface area contributed by atoms with Gasteiger partial charge in [0, 0.05) is 11.3 Å². The van der Waals surface area contributed by atoms with Crippen molar-refractivity contribution in [1.29, 1.82) is 0 Å². The number of fused-ring (bicyclic) bond motifs is 1. The summed E-state index contributed by atoms with van der Waals surface area (Å²) in [7, 11) is 0. The average molecular weight is 271 g/mol. The van der Waals surface area contributed by atoms with Gasteiger partial charge in [0.1, 0.15) is 11.3 Å². The first-order valence-electron chi connectivity index (χ1n) is 7.97. The zero-order valence-electron chi connectivity index (χ0n) is 12.6. The van der Waals surface area contributed by atoms with Crippen LogP contribution < -0.4 is 5.32 Å². The van der Waals surface area contributed by atoms with Crippen LogP contribution in [0.2, 0.25) is 0 Å². The summed E-state index contributed by atoms with van der Waals surface area (Å²) in [5.41, 5.74) is 1.03. The molecule has 1 aliphatic rings. The molecule has 2 aromatic rings. The van der Waals surface area contributed by atoms with E-state index in [1.165, 1.54) is 30.4 Å². The second-order valence-corrected chi connectivity index (χ2v) is 6.28. The highest BCUT2D eigenvalue weighted by Gasteiger charge is 2.31. The van der Waals surface area contributed by atoms with E-state index >= 15 is 0 Å². The van der Waals surface area contributed by atoms with Gasteiger partial charge in [0.15, 0.2) is 0 Å². The Bertz CT molecular complexity index is 524. The largest absolute Gasteiger partial charge is 0.461 e. The average Bonchev–Trinajstić information content (AvgIpc) is 2.89. The van der Waals surface area contributed by atoms with E-state index in [-0.39, 0.29) is 0 Å². The van der Waals surface area contributed by atoms with Crippen LogP contribution in [0.3, 0.4) is 0 Å². The molecule has 1 aliphatic carbocycles. The van der Waals surface area contributed by atoms with Crippen LogP contribution in [0.5, 0.6) is 0 Å². The van der Waals surface area contributed by atoms with Crippen LogP contribution in [0.1, 0.15) is 44.8 Å². The first-order chi connectivity index (χ1) is 9.78. The van der Waals surface area contributed by atoms with Gasteiger partial charge in [-0.15, -0.1) is 0 Å². The Morgan fingerprint density at radius 3 is 2.90 bits per heavy atom. The van der Waals surface area contributed by atoms with Crippen LogP contribution in [0.25, 0.3) is 11.0 Å². The first kappa shape index (κ1) is 13.7. The smallest absolute Gasteiger partial charge is 0.134 e. The van der Waals surface area contributed by atoms with Gasteiger partial charge in [-0.3, -0.25) is 0 Å². The molecule has 108 valence electrons. The topological polar surface area (TPSA) is 25.2 Å². The molecule has 1 aromatic heterocycles. The van der Waals surface area contributed by atoms with Crippen molar-refractivity contribution in [2.75, 3.05) is 13.1 Å². The number of benzene rings is 1. The van der Waals surface area contributed by atoms with Gasteiger partial charge in [-0.1, -0.05) is 38.5 Å². The van der Waals surface area contributed by atoms with Crippen molar-refractivity contribution in [3.05, 3.63) is 36.1 Å². The summed E-state index contributed by atoms with van der Waals surface area (Å²) in [6.07, 6.45) is 3.93. The summed E-state index contributed by atoms with van der Waals surface area (Å²) in [6.45, 7) is 6.73. The molecule has 0 saturated heterocycles. The predicted molar refractivity (Wildman–Crippen MR) is 84.0 cm³/mol. The normalized spacial score (nSPS) is 27.0. The van der Waals surface area contributed by atoms with Crippen molar-refractivity contribution < 1.29 is 4.42 Å². The Hall–Kier alpha value is -1.28. The highest BCUT2D eigenvalue weighted by Crippen LogP contribution is 2.41. The van der Waals surface area contributed by atoms with E-state index in [0.717, 1.165) is 24.6 Å². The quantitative estimate of drug-likeness (QED) is 0.881. The zero-order chi connectivity index (χ0) is 13.9. The Morgan fingerprint density at radius 1 is 1.25 bits per heavy atom. The van der Waals surface area contributed by atoms with Gasteiger partial charge in [0.2, 0.25) is 0 Å². The summed E-state index contributed by atoms with van der Waals surface area (Å²) in [6, 6.07) is 10.6. The first-order valence-corrected chi connectivity index (χ1v) is 7.97. The minimum atomic E-state index is 0.574. The van der Waals surface area contributed by atoms with Crippen LogP contribution >= 0.6 is 0 Å². The van der Waals surface area contributed by atoms with E-state index in [9.17, 15) is 0 Å². The Kier molecular flexibility index (Phi) is 4.11. The van der Waals surface area contributed by atoms with Crippen LogP contribution in [0.4, 0.5) is 0 Å². The molecule has 0 spiro atoms. The lowest BCUT2D eigenvalue weighted by molar-refractivity contribution is 0.222. The van der Waals surface area contributed by atoms with E-state index in [1.54, 1.807) is 0 Å². The van der Waals surface area contributed by atoms with Crippen molar-refractivity contribution in [1.82, 2.24) is 5.32 Å². The van der Waals surface area contributed by atoms with Crippen LogP contribution in [-0.4, -0.2) is 13.1 Å². The van der Waals surface area contributed by atoms with Crippen LogP contribution in [0.15, 0.2) is 34.7 Å². The summed E-state index contributed by atoms with van der Waals surface area (Å²) in [5, 5.41) is 4.76. The maximum absolute atomic E-state index is 6.14. The van der Waals surface area contributed by atoms with Crippen molar-refractivity contribution in [3.63, 3.8) is 0 Å². The molecule has 3 rings (SSSR count). The number of para-hydroxylation sites is 1. The minimum Gasteiger partial charge on any atom is -0.461 e. The van der Waals surface area contributed by atoms with Gasteiger partial charge in [0.05, 0.1) is 0 Å². The summed E-state index contributed by atoms with van der Waals surface area (Å²) >= 11 is 0. The van der Waals surface area contributed by atoms with E-state index in [4.69, 9.17) is 4.42 Å². The molecule has 1 heterocycles. The van der Waals surface area contributed by atoms with Crippen LogP contribution in [-0.2, 0) is 0 Å². The molecule has 3 unspecified atom stereocenters. The Balaban J connectivity index is 1.86. The molecule has 1 fully saturated rings. The van der Waals surface area contributed by atoms with E-state index < -0.39 is 0 Å². The van der Waals surface area contributed by atoms with Crippen molar-refractivity contribution >= 4 is 11.0 Å². The molecular formula is C18H25NO. The lowest BCUT2D eigenvalue weighted by Gasteiger charge is -2.33. The summed E-state index contributed by atoms with van der Waals surface area (Å²) < 4.78 is 6.14. The number of nitrogens with one attached hydrogen (secondary N) is 1. The van der Waals surface area contributed by atoms with E-state index in [1.807, 2.05) is 0 Å². The monoisotopic (exact) mass is 271 g/mol. The van der Waals surface area contributed by atoms with Gasteiger partial charge in [-0.05, 0) is 49.9 Å². The standard InChI is InChI=1S/C18H25NO/c1-3-19-12-15-9-8-13(2)10-16(15)18-11-14-6-4-5-7-17(14)20-18/h4-7,11,13,15-16,19H,3,8-10,12H2,1-2H3. The summed E-state index contributed by atoms with van der Waals surface area (Å²) in [5.74, 6) is 3.30. The Labute approximate surface area is 121 Å². The molecule has 0 radical (unpaired) electrons. The third-order valence-electron chi connectivity index (χ3n) is 4.72. The fraction of sp³-hybridized carbons (Fsp3) is 0.556. The molecule has 2 nitrogen and oxygen atoms in total. The van der Waals surface area contributed by atoms with E-state index in [2.05, 4.69) is 49.5 Å². The van der Waals surface area contributed by atoms with E-state index in [0.29, 0.717) is 11.8 Å². The van der Waals surface area contributed by atoms with Gasteiger partial charge in [-0.2, -0.15) is 0 Å². The molecular weight excluding hydrogens is 246 g/mol. The SMILES string of the molecule is CCNCC1CCC(C)CC1c1cc2ccccc2o1. The third kappa shape index (κ3) is 2.76. The molecule has 0 aliphatic heterocycles. The Morgan fingerprint density at radius 2 is 2.10 bits per heavy atom. The van der Waals surface area contributed by atoms with Gasteiger partial charge < -0.3 is 9.73 Å². The molecule has 2 heteroatoms. The molecule has 1 saturated carbocycles. The van der Waals surface area contributed by atoms with Gasteiger partial charge >= 0.3 is 0 Å². The molecule has 0 bridgehead atoms. The predicted octanol–water partition coefficient (Wildman–Crippen LogP) is 4.56. The molecule has 0 amide bonds. The number of rotatable bonds is 4. The highest BCUT2D eigenvalue weighted by molar-refractivity contribution is 5.77. The molecule has 20 heavy (non-hydrogen) atoms. The lowest BCUT2D eigenvalue weighted by Crippen LogP contribution is -2.31. The summed E-state index contributed by atoms with van der Waals surface area (Å²) in [4.78, 5) is 0. The second kappa shape index (κ2) is 6.01. The third-order valence-corrected chi connectivity index (χ3v) is 4.72. The number of furan rings is 1. The minimum absolute atomic E-state index is 0.574. The molecule has 3 atom stereocenters. The van der Waals surface area contributed by atoms with Crippen molar-refractivity contribution in [2.45, 2.75) is 39.0 Å². The maximum Gasteiger partial charge on any atom is 0.134 e. The highest BCUT2D eigenvalue weighted by atomic mass is 16.3. The fourth-order valence-corrected chi connectivity index (χ4v) is 3.55. The second-order valence-electron chi connectivity index (χ2n) is 6.28. The zero-order valence-corrected chi connectivity index (χ0v) is 12.6. The van der Waals surface area contributed by atoms with Gasteiger partial charge in [-0.25, -0.2) is 0 Å². The number of hydrogen-bond acceptors (Lipinski definition) is 2. The van der Waals surface area contributed by atoms with Crippen LogP contribution in [0, 0.1) is 11.8 Å². The van der Waals surface area contributed by atoms with Crippen molar-refractivity contribution in [2.24, 2.45) is 11.8 Å².